The molecule has 4 nitrogen and oxygen atoms in total. The lowest BCUT2D eigenvalue weighted by Gasteiger charge is -2.28. The molecule has 0 saturated carbocycles. The van der Waals surface area contributed by atoms with Gasteiger partial charge in [-0.3, -0.25) is 9.59 Å². The molecule has 1 aliphatic heterocycles. The third-order valence-electron chi connectivity index (χ3n) is 4.37. The van der Waals surface area contributed by atoms with Gasteiger partial charge in [0.2, 0.25) is 5.91 Å². The van der Waals surface area contributed by atoms with Crippen molar-refractivity contribution in [3.05, 3.63) is 29.3 Å². The molecule has 1 heterocycles. The van der Waals surface area contributed by atoms with Crippen LogP contribution in [-0.4, -0.2) is 40.7 Å². The maximum atomic E-state index is 12.3. The molecule has 2 rings (SSSR count). The van der Waals surface area contributed by atoms with E-state index in [2.05, 4.69) is 0 Å². The van der Waals surface area contributed by atoms with Crippen LogP contribution < -0.4 is 0 Å². The average Bonchev–Trinajstić information content (AvgIpc) is 2.93. The van der Waals surface area contributed by atoms with Gasteiger partial charge in [0.15, 0.2) is 0 Å². The van der Waals surface area contributed by atoms with E-state index in [4.69, 9.17) is 11.6 Å². The number of hydrogen-bond donors (Lipinski definition) is 1. The zero-order valence-corrected chi connectivity index (χ0v) is 14.3. The number of rotatable bonds is 5. The number of amides is 1. The van der Waals surface area contributed by atoms with Crippen molar-refractivity contribution in [1.82, 2.24) is 4.90 Å². The zero-order valence-electron chi connectivity index (χ0n) is 12.7. The van der Waals surface area contributed by atoms with Crippen molar-refractivity contribution in [3.8, 4) is 0 Å². The molecule has 1 aliphatic rings. The SMILES string of the molecule is CC(C)C1(C(=O)O)CCN(C(=O)CSc2ccccc2Cl)C1. The molecule has 1 atom stereocenters. The predicted molar refractivity (Wildman–Crippen MR) is 88.3 cm³/mol. The Morgan fingerprint density at radius 1 is 1.41 bits per heavy atom. The van der Waals surface area contributed by atoms with E-state index in [9.17, 15) is 14.7 Å². The molecule has 1 aromatic rings. The highest BCUT2D eigenvalue weighted by molar-refractivity contribution is 8.00. The first kappa shape index (κ1) is 17.2. The maximum Gasteiger partial charge on any atom is 0.311 e. The van der Waals surface area contributed by atoms with Crippen LogP contribution >= 0.6 is 23.4 Å². The number of carbonyl (C=O) groups excluding carboxylic acids is 1. The lowest BCUT2D eigenvalue weighted by Crippen LogP contribution is -2.41. The van der Waals surface area contributed by atoms with Crippen LogP contribution in [0.4, 0.5) is 0 Å². The Kier molecular flexibility index (Phi) is 5.40. The van der Waals surface area contributed by atoms with Crippen molar-refractivity contribution in [1.29, 1.82) is 0 Å². The standard InChI is InChI=1S/C16H20ClNO3S/c1-11(2)16(15(20)21)7-8-18(10-16)14(19)9-22-13-6-4-3-5-12(13)17/h3-6,11H,7-10H2,1-2H3,(H,20,21). The second kappa shape index (κ2) is 6.92. The minimum absolute atomic E-state index is 0.000907. The first-order valence-corrected chi connectivity index (χ1v) is 8.61. The number of likely N-dealkylation sites (tertiary alicyclic amines) is 1. The van der Waals surface area contributed by atoms with Gasteiger partial charge in [-0.05, 0) is 24.5 Å². The lowest BCUT2D eigenvalue weighted by atomic mass is 9.76. The lowest BCUT2D eigenvalue weighted by molar-refractivity contribution is -0.151. The van der Waals surface area contributed by atoms with E-state index >= 15 is 0 Å². The summed E-state index contributed by atoms with van der Waals surface area (Å²) in [5.41, 5.74) is -0.815. The molecule has 1 saturated heterocycles. The number of halogens is 1. The minimum atomic E-state index is -0.815. The summed E-state index contributed by atoms with van der Waals surface area (Å²) in [6.45, 7) is 4.61. The number of nitrogens with zero attached hydrogens (tertiary/aromatic N) is 1. The summed E-state index contributed by atoms with van der Waals surface area (Å²) in [6, 6.07) is 7.39. The number of aliphatic carboxylic acids is 1. The normalized spacial score (nSPS) is 21.4. The van der Waals surface area contributed by atoms with E-state index in [-0.39, 0.29) is 17.6 Å². The van der Waals surface area contributed by atoms with Crippen LogP contribution in [-0.2, 0) is 9.59 Å². The molecule has 1 unspecified atom stereocenters. The predicted octanol–water partition coefficient (Wildman–Crippen LogP) is 3.39. The number of benzene rings is 1. The van der Waals surface area contributed by atoms with Gasteiger partial charge in [-0.1, -0.05) is 37.6 Å². The van der Waals surface area contributed by atoms with Gasteiger partial charge in [0.25, 0.3) is 0 Å². The molecule has 0 bridgehead atoms. The number of hydrogen-bond acceptors (Lipinski definition) is 3. The topological polar surface area (TPSA) is 57.6 Å². The Morgan fingerprint density at radius 3 is 2.64 bits per heavy atom. The van der Waals surface area contributed by atoms with Gasteiger partial charge in [-0.2, -0.15) is 0 Å². The van der Waals surface area contributed by atoms with Crippen LogP contribution in [0.5, 0.6) is 0 Å². The highest BCUT2D eigenvalue weighted by Crippen LogP contribution is 2.38. The largest absolute Gasteiger partial charge is 0.481 e. The summed E-state index contributed by atoms with van der Waals surface area (Å²) in [7, 11) is 0. The van der Waals surface area contributed by atoms with Gasteiger partial charge >= 0.3 is 5.97 Å². The van der Waals surface area contributed by atoms with Gasteiger partial charge in [0.05, 0.1) is 16.2 Å². The fraction of sp³-hybridized carbons (Fsp3) is 0.500. The minimum Gasteiger partial charge on any atom is -0.481 e. The number of carbonyl (C=O) groups is 2. The molecule has 22 heavy (non-hydrogen) atoms. The molecule has 1 fully saturated rings. The maximum absolute atomic E-state index is 12.3. The summed E-state index contributed by atoms with van der Waals surface area (Å²) in [5.74, 6) is -0.568. The van der Waals surface area contributed by atoms with Crippen molar-refractivity contribution in [2.75, 3.05) is 18.8 Å². The molecule has 0 aliphatic carbocycles. The number of carboxylic acid groups (broad SMARTS) is 1. The first-order valence-electron chi connectivity index (χ1n) is 7.25. The third kappa shape index (κ3) is 3.41. The van der Waals surface area contributed by atoms with Crippen molar-refractivity contribution in [3.63, 3.8) is 0 Å². The molecule has 6 heteroatoms. The van der Waals surface area contributed by atoms with E-state index in [1.54, 1.807) is 11.0 Å². The number of carboxylic acids is 1. The van der Waals surface area contributed by atoms with Gasteiger partial charge in [0.1, 0.15) is 0 Å². The van der Waals surface area contributed by atoms with Crippen LogP contribution in [0.1, 0.15) is 20.3 Å². The Bertz CT molecular complexity index is 578. The second-order valence-corrected chi connectivity index (χ2v) is 7.32. The third-order valence-corrected chi connectivity index (χ3v) is 5.87. The molecule has 1 N–H and O–H groups in total. The highest BCUT2D eigenvalue weighted by Gasteiger charge is 2.48. The Labute approximate surface area is 139 Å². The van der Waals surface area contributed by atoms with Crippen LogP contribution in [0, 0.1) is 11.3 Å². The Balaban J connectivity index is 1.97. The molecule has 0 aromatic heterocycles. The smallest absolute Gasteiger partial charge is 0.311 e. The van der Waals surface area contributed by atoms with Crippen molar-refractivity contribution < 1.29 is 14.7 Å². The molecular weight excluding hydrogens is 322 g/mol. The Hall–Kier alpha value is -1.20. The van der Waals surface area contributed by atoms with E-state index in [1.807, 2.05) is 32.0 Å². The van der Waals surface area contributed by atoms with Crippen LogP contribution in [0.3, 0.4) is 0 Å². The molecule has 1 aromatic carbocycles. The molecule has 0 spiro atoms. The zero-order chi connectivity index (χ0) is 16.3. The van der Waals surface area contributed by atoms with E-state index < -0.39 is 11.4 Å². The molecular formula is C16H20ClNO3S. The van der Waals surface area contributed by atoms with Gasteiger partial charge in [-0.25, -0.2) is 0 Å². The summed E-state index contributed by atoms with van der Waals surface area (Å²) in [5, 5.41) is 10.1. The quantitative estimate of drug-likeness (QED) is 0.834. The first-order chi connectivity index (χ1) is 10.4. The average molecular weight is 342 g/mol. The fourth-order valence-corrected chi connectivity index (χ4v) is 3.87. The summed E-state index contributed by atoms with van der Waals surface area (Å²) in [4.78, 5) is 26.5. The summed E-state index contributed by atoms with van der Waals surface area (Å²) < 4.78 is 0. The van der Waals surface area contributed by atoms with Crippen LogP contribution in [0.25, 0.3) is 0 Å². The molecule has 120 valence electrons. The van der Waals surface area contributed by atoms with E-state index in [1.165, 1.54) is 11.8 Å². The number of thioether (sulfide) groups is 1. The summed E-state index contributed by atoms with van der Waals surface area (Å²) >= 11 is 7.46. The van der Waals surface area contributed by atoms with Crippen LogP contribution in [0.2, 0.25) is 5.02 Å². The van der Waals surface area contributed by atoms with E-state index in [0.29, 0.717) is 24.5 Å². The van der Waals surface area contributed by atoms with Crippen LogP contribution in [0.15, 0.2) is 29.2 Å². The highest BCUT2D eigenvalue weighted by atomic mass is 35.5. The summed E-state index contributed by atoms with van der Waals surface area (Å²) in [6.07, 6.45) is 0.516. The second-order valence-electron chi connectivity index (χ2n) is 5.90. The molecule has 1 amide bonds. The van der Waals surface area contributed by atoms with Crippen molar-refractivity contribution in [2.24, 2.45) is 11.3 Å². The van der Waals surface area contributed by atoms with Crippen molar-refractivity contribution in [2.45, 2.75) is 25.2 Å². The van der Waals surface area contributed by atoms with E-state index in [0.717, 1.165) is 4.90 Å². The molecule has 0 radical (unpaired) electrons. The van der Waals surface area contributed by atoms with Gasteiger partial charge in [-0.15, -0.1) is 11.8 Å². The fourth-order valence-electron chi connectivity index (χ4n) is 2.73. The van der Waals surface area contributed by atoms with Gasteiger partial charge < -0.3 is 10.0 Å². The Morgan fingerprint density at radius 2 is 2.09 bits per heavy atom. The van der Waals surface area contributed by atoms with Gasteiger partial charge in [0, 0.05) is 18.0 Å². The van der Waals surface area contributed by atoms with Crippen molar-refractivity contribution >= 4 is 35.2 Å². The monoisotopic (exact) mass is 341 g/mol.